The Morgan fingerprint density at radius 1 is 1.12 bits per heavy atom. The summed E-state index contributed by atoms with van der Waals surface area (Å²) >= 11 is 6.76. The summed E-state index contributed by atoms with van der Waals surface area (Å²) < 4.78 is 7.74. The van der Waals surface area contributed by atoms with Crippen molar-refractivity contribution in [2.75, 3.05) is 11.9 Å². The summed E-state index contributed by atoms with van der Waals surface area (Å²) in [6.45, 7) is 7.47. The van der Waals surface area contributed by atoms with Gasteiger partial charge in [0.2, 0.25) is 5.91 Å². The summed E-state index contributed by atoms with van der Waals surface area (Å²) in [6, 6.07) is 16.8. The molecular weight excluding hydrogens is 620 g/mol. The number of nitrogens with zero attached hydrogens (tertiary/aromatic N) is 2. The van der Waals surface area contributed by atoms with Gasteiger partial charge in [0.15, 0.2) is 0 Å². The van der Waals surface area contributed by atoms with Crippen molar-refractivity contribution in [1.82, 2.24) is 15.2 Å². The lowest BCUT2D eigenvalue weighted by molar-refractivity contribution is -0.122. The molecule has 0 bridgehead atoms. The van der Waals surface area contributed by atoms with Gasteiger partial charge in [0.25, 0.3) is 0 Å². The van der Waals surface area contributed by atoms with Crippen molar-refractivity contribution in [2.24, 2.45) is 5.92 Å². The zero-order chi connectivity index (χ0) is 28.7. The second-order valence-electron chi connectivity index (χ2n) is 11.7. The third kappa shape index (κ3) is 6.35. The fraction of sp³-hybridized carbons (Fsp3) is 0.387. The molecule has 0 unspecified atom stereocenters. The van der Waals surface area contributed by atoms with Gasteiger partial charge in [0.05, 0.1) is 16.8 Å². The van der Waals surface area contributed by atoms with Crippen LogP contribution in [0.5, 0.6) is 0 Å². The Hall–Kier alpha value is -2.79. The number of anilines is 1. The molecule has 4 aromatic rings. The second kappa shape index (κ2) is 11.5. The van der Waals surface area contributed by atoms with Gasteiger partial charge in [-0.15, -0.1) is 22.7 Å². The predicted octanol–water partition coefficient (Wildman–Crippen LogP) is 7.59. The summed E-state index contributed by atoms with van der Waals surface area (Å²) in [5.41, 5.74) is 3.79. The van der Waals surface area contributed by atoms with Gasteiger partial charge < -0.3 is 20.3 Å². The number of thiophene rings is 1. The molecule has 6 rings (SSSR count). The summed E-state index contributed by atoms with van der Waals surface area (Å²) in [5.74, 6) is 0.0234. The molecule has 2 aromatic carbocycles. The number of carbonyl (C=O) groups is 2. The maximum atomic E-state index is 13.4. The molecule has 0 spiro atoms. The highest BCUT2D eigenvalue weighted by Crippen LogP contribution is 2.46. The first-order chi connectivity index (χ1) is 19.6. The van der Waals surface area contributed by atoms with Crippen LogP contribution in [-0.2, 0) is 29.0 Å². The maximum Gasteiger partial charge on any atom is 0.410 e. The predicted molar refractivity (Wildman–Crippen MR) is 169 cm³/mol. The minimum absolute atomic E-state index is 0.0279. The lowest BCUT2D eigenvalue weighted by atomic mass is 9.79. The third-order valence-corrected chi connectivity index (χ3v) is 10.1. The quantitative estimate of drug-likeness (QED) is 0.224. The van der Waals surface area contributed by atoms with Gasteiger partial charge in [-0.1, -0.05) is 46.3 Å². The molecule has 2 aliphatic rings. The minimum atomic E-state index is -0.553. The van der Waals surface area contributed by atoms with Crippen LogP contribution in [0, 0.1) is 5.92 Å². The van der Waals surface area contributed by atoms with Crippen LogP contribution < -0.4 is 10.6 Å². The van der Waals surface area contributed by atoms with E-state index in [1.807, 2.05) is 51.1 Å². The Balaban J connectivity index is 1.21. The van der Waals surface area contributed by atoms with E-state index in [0.717, 1.165) is 54.5 Å². The van der Waals surface area contributed by atoms with Crippen LogP contribution in [-0.4, -0.2) is 40.1 Å². The number of benzene rings is 2. The summed E-state index contributed by atoms with van der Waals surface area (Å²) in [5, 5.41) is 8.57. The Bertz CT molecular complexity index is 1590. The molecule has 1 aliphatic heterocycles. The van der Waals surface area contributed by atoms with Gasteiger partial charge in [0.1, 0.15) is 15.6 Å². The lowest BCUT2D eigenvalue weighted by Gasteiger charge is -2.35. The van der Waals surface area contributed by atoms with E-state index in [1.54, 1.807) is 27.6 Å². The molecular formula is C31H33BrN4O3S2. The van der Waals surface area contributed by atoms with Gasteiger partial charge in [0, 0.05) is 40.0 Å². The van der Waals surface area contributed by atoms with E-state index in [9.17, 15) is 9.59 Å². The van der Waals surface area contributed by atoms with E-state index >= 15 is 0 Å². The van der Waals surface area contributed by atoms with Crippen LogP contribution in [0.25, 0.3) is 20.8 Å². The van der Waals surface area contributed by atoms with E-state index in [0.29, 0.717) is 25.6 Å². The molecule has 2 amide bonds. The highest BCUT2D eigenvalue weighted by Gasteiger charge is 2.36. The van der Waals surface area contributed by atoms with Crippen LogP contribution in [0.4, 0.5) is 9.80 Å². The molecule has 41 heavy (non-hydrogen) atoms. The van der Waals surface area contributed by atoms with E-state index in [2.05, 4.69) is 44.8 Å². The Labute approximate surface area is 256 Å². The SMILES string of the molecule is CC(C)(C)OC(=O)N1CCc2c(sc(NC(=O)C3CC(NCc4ccccc4)C3)c2-c2nc3ccc(Br)cc3s2)C1. The molecule has 7 nitrogen and oxygen atoms in total. The van der Waals surface area contributed by atoms with Crippen LogP contribution in [0.2, 0.25) is 0 Å². The zero-order valence-corrected chi connectivity index (χ0v) is 26.5. The minimum Gasteiger partial charge on any atom is -0.444 e. The molecule has 1 fully saturated rings. The summed E-state index contributed by atoms with van der Waals surface area (Å²) in [6.07, 6.45) is 2.02. The monoisotopic (exact) mass is 652 g/mol. The smallest absolute Gasteiger partial charge is 0.410 e. The van der Waals surface area contributed by atoms with Crippen LogP contribution in [0.15, 0.2) is 53.0 Å². The van der Waals surface area contributed by atoms with Gasteiger partial charge in [-0.2, -0.15) is 0 Å². The summed E-state index contributed by atoms with van der Waals surface area (Å²) in [4.78, 5) is 34.0. The van der Waals surface area contributed by atoms with Crippen molar-refractivity contribution in [2.45, 2.75) is 64.8 Å². The van der Waals surface area contributed by atoms with Crippen LogP contribution in [0.3, 0.4) is 0 Å². The van der Waals surface area contributed by atoms with Crippen molar-refractivity contribution < 1.29 is 14.3 Å². The highest BCUT2D eigenvalue weighted by molar-refractivity contribution is 9.10. The number of hydrogen-bond acceptors (Lipinski definition) is 7. The Kier molecular flexibility index (Phi) is 7.93. The molecule has 1 saturated carbocycles. The molecule has 3 heterocycles. The molecule has 0 atom stereocenters. The highest BCUT2D eigenvalue weighted by atomic mass is 79.9. The number of halogens is 1. The van der Waals surface area contributed by atoms with E-state index in [1.165, 1.54) is 11.1 Å². The Morgan fingerprint density at radius 3 is 2.66 bits per heavy atom. The van der Waals surface area contributed by atoms with Gasteiger partial charge in [-0.3, -0.25) is 4.79 Å². The molecule has 214 valence electrons. The molecule has 0 radical (unpaired) electrons. The Morgan fingerprint density at radius 2 is 1.90 bits per heavy atom. The van der Waals surface area contributed by atoms with Crippen molar-refractivity contribution in [3.05, 3.63) is 69.0 Å². The van der Waals surface area contributed by atoms with Gasteiger partial charge in [-0.25, -0.2) is 9.78 Å². The molecule has 2 aromatic heterocycles. The van der Waals surface area contributed by atoms with Gasteiger partial charge >= 0.3 is 6.09 Å². The number of carbonyl (C=O) groups excluding carboxylic acids is 2. The van der Waals surface area contributed by atoms with E-state index < -0.39 is 5.60 Å². The van der Waals surface area contributed by atoms with Crippen molar-refractivity contribution in [1.29, 1.82) is 0 Å². The number of thiazole rings is 1. The van der Waals surface area contributed by atoms with Crippen LogP contribution >= 0.6 is 38.6 Å². The first kappa shape index (κ1) is 28.3. The fourth-order valence-electron chi connectivity index (χ4n) is 5.28. The fourth-order valence-corrected chi connectivity index (χ4v) is 8.20. The number of nitrogens with one attached hydrogen (secondary N) is 2. The normalized spacial score (nSPS) is 18.6. The maximum absolute atomic E-state index is 13.4. The summed E-state index contributed by atoms with van der Waals surface area (Å²) in [7, 11) is 0. The van der Waals surface area contributed by atoms with E-state index in [4.69, 9.17) is 9.72 Å². The molecule has 2 N–H and O–H groups in total. The zero-order valence-electron chi connectivity index (χ0n) is 23.3. The number of aromatic nitrogens is 1. The third-order valence-electron chi connectivity index (χ3n) is 7.46. The first-order valence-corrected chi connectivity index (χ1v) is 16.3. The molecule has 1 aliphatic carbocycles. The van der Waals surface area contributed by atoms with Crippen molar-refractivity contribution in [3.63, 3.8) is 0 Å². The first-order valence-electron chi connectivity index (χ1n) is 13.9. The number of fused-ring (bicyclic) bond motifs is 2. The molecule has 10 heteroatoms. The van der Waals surface area contributed by atoms with Crippen molar-refractivity contribution in [3.8, 4) is 10.6 Å². The standard InChI is InChI=1S/C31H33BrN4O3S2/c1-31(2,3)39-30(38)36-12-11-22-25(17-36)41-29(26(22)28-34-23-10-9-20(32)15-24(23)40-28)35-27(37)19-13-21(14-19)33-16-18-7-5-4-6-8-18/h4-10,15,19,21,33H,11-14,16-17H2,1-3H3,(H,35,37). The average molecular weight is 654 g/mol. The number of rotatable bonds is 6. The van der Waals surface area contributed by atoms with Crippen LogP contribution in [0.1, 0.15) is 49.6 Å². The van der Waals surface area contributed by atoms with Crippen molar-refractivity contribution >= 4 is 65.8 Å². The van der Waals surface area contributed by atoms with E-state index in [-0.39, 0.29) is 17.9 Å². The second-order valence-corrected chi connectivity index (χ2v) is 14.8. The molecule has 0 saturated heterocycles. The average Bonchev–Trinajstić information content (AvgIpc) is 3.46. The topological polar surface area (TPSA) is 83.6 Å². The number of hydrogen-bond donors (Lipinski definition) is 2. The van der Waals surface area contributed by atoms with Gasteiger partial charge in [-0.05, 0) is 69.4 Å². The lowest BCUT2D eigenvalue weighted by Crippen LogP contribution is -2.45. The number of amides is 2. The number of ether oxygens (including phenoxy) is 1. The largest absolute Gasteiger partial charge is 0.444 e.